The summed E-state index contributed by atoms with van der Waals surface area (Å²) < 4.78 is 26.4. The van der Waals surface area contributed by atoms with Gasteiger partial charge >= 0.3 is 0 Å². The molecule has 0 amide bonds. The molecule has 1 atom stereocenters. The van der Waals surface area contributed by atoms with E-state index in [4.69, 9.17) is 11.6 Å². The third-order valence-corrected chi connectivity index (χ3v) is 3.94. The largest absolute Gasteiger partial charge is 0.286 e. The molecular formula is C10H10ClF2NO2S. The summed E-state index contributed by atoms with van der Waals surface area (Å²) in [7, 11) is 0. The van der Waals surface area contributed by atoms with E-state index >= 15 is 0 Å². The zero-order valence-electron chi connectivity index (χ0n) is 8.95. The minimum absolute atomic E-state index is 0.0592. The number of halogens is 3. The Bertz CT molecular complexity index is 431. The van der Waals surface area contributed by atoms with Crippen molar-refractivity contribution in [3.8, 4) is 0 Å². The van der Waals surface area contributed by atoms with Gasteiger partial charge in [-0.3, -0.25) is 10.1 Å². The summed E-state index contributed by atoms with van der Waals surface area (Å²) in [6.07, 6.45) is 0. The van der Waals surface area contributed by atoms with Crippen molar-refractivity contribution in [2.24, 2.45) is 5.92 Å². The number of thioether (sulfide) groups is 1. The topological polar surface area (TPSA) is 43.1 Å². The Morgan fingerprint density at radius 2 is 2.18 bits per heavy atom. The van der Waals surface area contributed by atoms with E-state index in [1.165, 1.54) is 0 Å². The number of nitro benzene ring substituents is 1. The first-order valence-corrected chi connectivity index (χ1v) is 6.30. The summed E-state index contributed by atoms with van der Waals surface area (Å²) in [5.74, 6) is -1.45. The van der Waals surface area contributed by atoms with Gasteiger partial charge in [-0.15, -0.1) is 23.4 Å². The first-order valence-electron chi connectivity index (χ1n) is 4.78. The molecule has 0 N–H and O–H groups in total. The predicted octanol–water partition coefficient (Wildman–Crippen LogP) is 3.84. The fraction of sp³-hybridized carbons (Fsp3) is 0.400. The van der Waals surface area contributed by atoms with Crippen molar-refractivity contribution >= 4 is 29.1 Å². The Labute approximate surface area is 106 Å². The fourth-order valence-electron chi connectivity index (χ4n) is 1.07. The second-order valence-electron chi connectivity index (χ2n) is 3.54. The molecule has 3 nitrogen and oxygen atoms in total. The lowest BCUT2D eigenvalue weighted by Crippen LogP contribution is -2.02. The average Bonchev–Trinajstić information content (AvgIpc) is 2.30. The third-order valence-electron chi connectivity index (χ3n) is 2.00. The molecule has 17 heavy (non-hydrogen) atoms. The van der Waals surface area contributed by atoms with Crippen LogP contribution in [-0.4, -0.2) is 16.6 Å². The standard InChI is InChI=1S/C10H10ClF2NO2S/c1-6(4-11)5-17-10-8(14(15)16)3-2-7(12)9(10)13/h2-3,6H,4-5H2,1H3. The number of hydrogen-bond acceptors (Lipinski definition) is 3. The molecule has 0 fully saturated rings. The summed E-state index contributed by atoms with van der Waals surface area (Å²) in [6.45, 7) is 1.82. The van der Waals surface area contributed by atoms with E-state index in [1.54, 1.807) is 0 Å². The Morgan fingerprint density at radius 1 is 1.53 bits per heavy atom. The highest BCUT2D eigenvalue weighted by molar-refractivity contribution is 7.99. The maximum atomic E-state index is 13.4. The lowest BCUT2D eigenvalue weighted by molar-refractivity contribution is -0.388. The number of benzene rings is 1. The van der Waals surface area contributed by atoms with E-state index in [2.05, 4.69) is 0 Å². The van der Waals surface area contributed by atoms with Gasteiger partial charge < -0.3 is 0 Å². The molecule has 1 rings (SSSR count). The van der Waals surface area contributed by atoms with Gasteiger partial charge in [-0.25, -0.2) is 8.78 Å². The van der Waals surface area contributed by atoms with Crippen LogP contribution in [0.1, 0.15) is 6.92 Å². The van der Waals surface area contributed by atoms with E-state index < -0.39 is 22.2 Å². The van der Waals surface area contributed by atoms with E-state index in [1.807, 2.05) is 6.92 Å². The number of hydrogen-bond donors (Lipinski definition) is 0. The highest BCUT2D eigenvalue weighted by atomic mass is 35.5. The molecule has 0 aliphatic rings. The molecule has 0 radical (unpaired) electrons. The van der Waals surface area contributed by atoms with Crippen LogP contribution in [0.2, 0.25) is 0 Å². The van der Waals surface area contributed by atoms with Crippen molar-refractivity contribution < 1.29 is 13.7 Å². The molecule has 1 unspecified atom stereocenters. The molecule has 0 heterocycles. The van der Waals surface area contributed by atoms with Crippen LogP contribution in [-0.2, 0) is 0 Å². The van der Waals surface area contributed by atoms with Crippen LogP contribution >= 0.6 is 23.4 Å². The lowest BCUT2D eigenvalue weighted by Gasteiger charge is -2.08. The van der Waals surface area contributed by atoms with Gasteiger partial charge in [-0.05, 0) is 12.0 Å². The van der Waals surface area contributed by atoms with E-state index in [0.717, 1.165) is 23.9 Å². The molecule has 0 aliphatic heterocycles. The van der Waals surface area contributed by atoms with E-state index in [0.29, 0.717) is 11.6 Å². The highest BCUT2D eigenvalue weighted by Crippen LogP contribution is 2.34. The van der Waals surface area contributed by atoms with Crippen LogP contribution in [0, 0.1) is 27.7 Å². The SMILES string of the molecule is CC(CCl)CSc1c([N+](=O)[O-])ccc(F)c1F. The number of nitro groups is 1. The smallest absolute Gasteiger partial charge is 0.258 e. The zero-order valence-corrected chi connectivity index (χ0v) is 10.5. The minimum Gasteiger partial charge on any atom is -0.258 e. The van der Waals surface area contributed by atoms with Crippen molar-refractivity contribution in [3.63, 3.8) is 0 Å². The van der Waals surface area contributed by atoms with Gasteiger partial charge in [0, 0.05) is 17.7 Å². The van der Waals surface area contributed by atoms with Gasteiger partial charge in [0.1, 0.15) is 4.90 Å². The van der Waals surface area contributed by atoms with Gasteiger partial charge in [0.2, 0.25) is 0 Å². The molecule has 1 aromatic rings. The maximum absolute atomic E-state index is 13.4. The van der Waals surface area contributed by atoms with Crippen LogP contribution in [0.5, 0.6) is 0 Å². The van der Waals surface area contributed by atoms with Crippen molar-refractivity contribution in [3.05, 3.63) is 33.9 Å². The van der Waals surface area contributed by atoms with Gasteiger partial charge in [-0.1, -0.05) is 6.92 Å². The first-order chi connectivity index (χ1) is 7.97. The molecule has 1 aromatic carbocycles. The molecule has 0 aromatic heterocycles. The summed E-state index contributed by atoms with van der Waals surface area (Å²) in [5, 5.41) is 10.7. The Morgan fingerprint density at radius 3 is 2.71 bits per heavy atom. The number of alkyl halides is 1. The summed E-state index contributed by atoms with van der Waals surface area (Å²) in [5.41, 5.74) is -0.421. The Balaban J connectivity index is 3.02. The molecule has 7 heteroatoms. The zero-order chi connectivity index (χ0) is 13.0. The Kier molecular flexibility index (Phi) is 5.14. The van der Waals surface area contributed by atoms with Crippen molar-refractivity contribution in [1.82, 2.24) is 0 Å². The molecule has 0 saturated carbocycles. The molecule has 0 aliphatic carbocycles. The summed E-state index contributed by atoms with van der Waals surface area (Å²) >= 11 is 6.48. The molecule has 0 saturated heterocycles. The van der Waals surface area contributed by atoms with Gasteiger partial charge in [0.05, 0.1) is 4.92 Å². The van der Waals surface area contributed by atoms with Gasteiger partial charge in [0.15, 0.2) is 11.6 Å². The van der Waals surface area contributed by atoms with Gasteiger partial charge in [0.25, 0.3) is 5.69 Å². The van der Waals surface area contributed by atoms with Crippen LogP contribution in [0.25, 0.3) is 0 Å². The second-order valence-corrected chi connectivity index (χ2v) is 4.88. The minimum atomic E-state index is -1.18. The lowest BCUT2D eigenvalue weighted by atomic mass is 10.3. The summed E-state index contributed by atoms with van der Waals surface area (Å²) in [6, 6.07) is 1.72. The van der Waals surface area contributed by atoms with Crippen molar-refractivity contribution in [1.29, 1.82) is 0 Å². The second kappa shape index (κ2) is 6.16. The molecule has 94 valence electrons. The first kappa shape index (κ1) is 14.2. The monoisotopic (exact) mass is 281 g/mol. The van der Waals surface area contributed by atoms with Gasteiger partial charge in [-0.2, -0.15) is 0 Å². The molecular weight excluding hydrogens is 272 g/mol. The van der Waals surface area contributed by atoms with Crippen LogP contribution in [0.3, 0.4) is 0 Å². The van der Waals surface area contributed by atoms with Crippen molar-refractivity contribution in [2.75, 3.05) is 11.6 Å². The summed E-state index contributed by atoms with van der Waals surface area (Å²) in [4.78, 5) is 9.68. The predicted molar refractivity (Wildman–Crippen MR) is 63.6 cm³/mol. The number of nitrogens with zero attached hydrogens (tertiary/aromatic N) is 1. The van der Waals surface area contributed by atoms with Crippen LogP contribution in [0.4, 0.5) is 14.5 Å². The molecule has 0 bridgehead atoms. The average molecular weight is 282 g/mol. The maximum Gasteiger partial charge on any atom is 0.286 e. The quantitative estimate of drug-likeness (QED) is 0.356. The van der Waals surface area contributed by atoms with Crippen molar-refractivity contribution in [2.45, 2.75) is 11.8 Å². The molecule has 0 spiro atoms. The Hall–Kier alpha value is -0.880. The van der Waals surface area contributed by atoms with Crippen LogP contribution in [0.15, 0.2) is 17.0 Å². The van der Waals surface area contributed by atoms with E-state index in [-0.39, 0.29) is 10.8 Å². The third kappa shape index (κ3) is 3.54. The fourth-order valence-corrected chi connectivity index (χ4v) is 2.40. The van der Waals surface area contributed by atoms with Crippen LogP contribution < -0.4 is 0 Å². The van der Waals surface area contributed by atoms with E-state index in [9.17, 15) is 18.9 Å². The normalized spacial score (nSPS) is 12.5. The highest BCUT2D eigenvalue weighted by Gasteiger charge is 2.22. The number of rotatable bonds is 5.